The largest absolute Gasteiger partial charge is 0.231 e. The predicted molar refractivity (Wildman–Crippen MR) is 73.0 cm³/mol. The van der Waals surface area contributed by atoms with Gasteiger partial charge in [0.2, 0.25) is 0 Å². The van der Waals surface area contributed by atoms with Gasteiger partial charge in [-0.3, -0.25) is 0 Å². The number of rotatable bonds is 4. The van der Waals surface area contributed by atoms with E-state index in [9.17, 15) is 5.26 Å². The molecule has 0 aromatic carbocycles. The molecule has 0 spiro atoms. The minimum absolute atomic E-state index is 0.159. The van der Waals surface area contributed by atoms with Crippen LogP contribution < -0.4 is 0 Å². The number of hydrogen-bond donors (Lipinski definition) is 0. The third-order valence-corrected chi connectivity index (χ3v) is 4.81. The van der Waals surface area contributed by atoms with E-state index in [1.54, 1.807) is 24.2 Å². The number of nitrogens with zero attached hydrogens (tertiary/aromatic N) is 3. The Balaban J connectivity index is 2.00. The topological polar surface area (TPSA) is 49.6 Å². The van der Waals surface area contributed by atoms with E-state index in [0.29, 0.717) is 5.25 Å². The summed E-state index contributed by atoms with van der Waals surface area (Å²) < 4.78 is 0. The lowest BCUT2D eigenvalue weighted by molar-refractivity contribution is 0.306. The molecule has 2 rings (SSSR count). The van der Waals surface area contributed by atoms with Crippen LogP contribution in [0.1, 0.15) is 39.0 Å². The van der Waals surface area contributed by atoms with Crippen molar-refractivity contribution in [2.75, 3.05) is 0 Å². The highest BCUT2D eigenvalue weighted by molar-refractivity contribution is 7.99. The summed E-state index contributed by atoms with van der Waals surface area (Å²) in [6.45, 7) is 2.23. The molecule has 4 heteroatoms. The number of nitriles is 1. The highest BCUT2D eigenvalue weighted by atomic mass is 32.2. The van der Waals surface area contributed by atoms with Crippen LogP contribution in [0.4, 0.5) is 0 Å². The van der Waals surface area contributed by atoms with Crippen LogP contribution in [-0.2, 0) is 0 Å². The molecule has 1 aliphatic carbocycles. The van der Waals surface area contributed by atoms with Crippen molar-refractivity contribution in [2.24, 2.45) is 11.8 Å². The summed E-state index contributed by atoms with van der Waals surface area (Å²) in [5.74, 6) is 0.938. The van der Waals surface area contributed by atoms with Crippen LogP contribution in [0.5, 0.6) is 0 Å². The van der Waals surface area contributed by atoms with E-state index in [0.717, 1.165) is 23.9 Å². The molecule has 1 heterocycles. The molecular weight excluding hydrogens is 242 g/mol. The monoisotopic (exact) mass is 261 g/mol. The molecule has 1 aromatic rings. The van der Waals surface area contributed by atoms with Crippen molar-refractivity contribution in [2.45, 2.75) is 49.4 Å². The zero-order chi connectivity index (χ0) is 12.8. The Hall–Kier alpha value is -1.08. The Bertz CT molecular complexity index is 401. The maximum atomic E-state index is 9.25. The number of aromatic nitrogens is 2. The molecule has 0 radical (unpaired) electrons. The first-order valence-electron chi connectivity index (χ1n) is 6.66. The van der Waals surface area contributed by atoms with E-state index in [4.69, 9.17) is 0 Å². The van der Waals surface area contributed by atoms with E-state index in [1.807, 2.05) is 6.07 Å². The third kappa shape index (κ3) is 3.46. The fourth-order valence-corrected chi connectivity index (χ4v) is 3.89. The van der Waals surface area contributed by atoms with Crippen LogP contribution in [0, 0.1) is 23.2 Å². The van der Waals surface area contributed by atoms with E-state index >= 15 is 0 Å². The van der Waals surface area contributed by atoms with Gasteiger partial charge in [0.25, 0.3) is 0 Å². The lowest BCUT2D eigenvalue weighted by atomic mass is 9.80. The SMILES string of the molecule is CCCC1CCC(C#N)C(Sc2ncccn2)C1. The van der Waals surface area contributed by atoms with Gasteiger partial charge in [0.1, 0.15) is 0 Å². The molecule has 1 fully saturated rings. The van der Waals surface area contributed by atoms with Gasteiger partial charge in [0.05, 0.1) is 12.0 Å². The van der Waals surface area contributed by atoms with Gasteiger partial charge in [-0.1, -0.05) is 31.5 Å². The molecule has 1 aliphatic rings. The summed E-state index contributed by atoms with van der Waals surface area (Å²) in [4.78, 5) is 8.51. The van der Waals surface area contributed by atoms with Crippen molar-refractivity contribution < 1.29 is 0 Å². The van der Waals surface area contributed by atoms with E-state index in [-0.39, 0.29) is 5.92 Å². The lowest BCUT2D eigenvalue weighted by Gasteiger charge is -2.31. The Morgan fingerprint density at radius 3 is 2.83 bits per heavy atom. The predicted octanol–water partition coefficient (Wildman–Crippen LogP) is 3.68. The molecule has 0 N–H and O–H groups in total. The summed E-state index contributed by atoms with van der Waals surface area (Å²) in [6.07, 6.45) is 9.43. The Labute approximate surface area is 113 Å². The van der Waals surface area contributed by atoms with Gasteiger partial charge in [-0.25, -0.2) is 9.97 Å². The van der Waals surface area contributed by atoms with Crippen LogP contribution in [0.2, 0.25) is 0 Å². The Kier molecular flexibility index (Phi) is 5.00. The minimum atomic E-state index is 0.159. The molecule has 0 saturated heterocycles. The zero-order valence-electron chi connectivity index (χ0n) is 10.7. The maximum absolute atomic E-state index is 9.25. The highest BCUT2D eigenvalue weighted by Crippen LogP contribution is 2.39. The zero-order valence-corrected chi connectivity index (χ0v) is 11.6. The lowest BCUT2D eigenvalue weighted by Crippen LogP contribution is -2.26. The second kappa shape index (κ2) is 6.75. The molecule has 3 nitrogen and oxygen atoms in total. The molecule has 0 amide bonds. The molecule has 1 saturated carbocycles. The summed E-state index contributed by atoms with van der Waals surface area (Å²) in [5.41, 5.74) is 0. The van der Waals surface area contributed by atoms with Crippen LogP contribution in [0.25, 0.3) is 0 Å². The second-order valence-corrected chi connectivity index (χ2v) is 6.10. The van der Waals surface area contributed by atoms with Crippen LogP contribution in [0.15, 0.2) is 23.6 Å². The summed E-state index contributed by atoms with van der Waals surface area (Å²) in [7, 11) is 0. The third-order valence-electron chi connectivity index (χ3n) is 3.56. The number of hydrogen-bond acceptors (Lipinski definition) is 4. The van der Waals surface area contributed by atoms with Gasteiger partial charge in [-0.15, -0.1) is 0 Å². The van der Waals surface area contributed by atoms with Crippen LogP contribution in [0.3, 0.4) is 0 Å². The molecule has 18 heavy (non-hydrogen) atoms. The first kappa shape index (κ1) is 13.4. The summed E-state index contributed by atoms with van der Waals surface area (Å²) in [5, 5.41) is 10.4. The Morgan fingerprint density at radius 1 is 1.39 bits per heavy atom. The van der Waals surface area contributed by atoms with E-state index in [1.165, 1.54) is 19.3 Å². The average Bonchev–Trinajstić information content (AvgIpc) is 2.41. The molecular formula is C14H19N3S. The first-order chi connectivity index (χ1) is 8.83. The van der Waals surface area contributed by atoms with Crippen molar-refractivity contribution in [3.8, 4) is 6.07 Å². The Morgan fingerprint density at radius 2 is 2.17 bits per heavy atom. The molecule has 0 aliphatic heterocycles. The second-order valence-electron chi connectivity index (χ2n) is 4.89. The summed E-state index contributed by atoms with van der Waals surface area (Å²) in [6, 6.07) is 4.29. The standard InChI is InChI=1S/C14H19N3S/c1-2-4-11-5-6-12(10-15)13(9-11)18-14-16-7-3-8-17-14/h3,7-8,11-13H,2,4-6,9H2,1H3. The number of thioether (sulfide) groups is 1. The highest BCUT2D eigenvalue weighted by Gasteiger charge is 2.31. The van der Waals surface area contributed by atoms with Crippen LogP contribution in [-0.4, -0.2) is 15.2 Å². The quantitative estimate of drug-likeness (QED) is 0.776. The van der Waals surface area contributed by atoms with E-state index < -0.39 is 0 Å². The van der Waals surface area contributed by atoms with E-state index in [2.05, 4.69) is 23.0 Å². The average molecular weight is 261 g/mol. The molecule has 3 unspecified atom stereocenters. The van der Waals surface area contributed by atoms with Gasteiger partial charge in [-0.05, 0) is 31.2 Å². The van der Waals surface area contributed by atoms with Crippen molar-refractivity contribution in [3.05, 3.63) is 18.5 Å². The fourth-order valence-electron chi connectivity index (χ4n) is 2.64. The first-order valence-corrected chi connectivity index (χ1v) is 7.54. The van der Waals surface area contributed by atoms with Crippen molar-refractivity contribution in [3.63, 3.8) is 0 Å². The van der Waals surface area contributed by atoms with Crippen molar-refractivity contribution in [1.82, 2.24) is 9.97 Å². The van der Waals surface area contributed by atoms with Gasteiger partial charge in [-0.2, -0.15) is 5.26 Å². The van der Waals surface area contributed by atoms with Gasteiger partial charge in [0, 0.05) is 17.6 Å². The van der Waals surface area contributed by atoms with Gasteiger partial charge >= 0.3 is 0 Å². The molecule has 1 aromatic heterocycles. The molecule has 3 atom stereocenters. The van der Waals surface area contributed by atoms with Gasteiger partial charge < -0.3 is 0 Å². The van der Waals surface area contributed by atoms with Crippen LogP contribution >= 0.6 is 11.8 Å². The minimum Gasteiger partial charge on any atom is -0.231 e. The fraction of sp³-hybridized carbons (Fsp3) is 0.643. The normalized spacial score (nSPS) is 27.7. The van der Waals surface area contributed by atoms with Crippen molar-refractivity contribution in [1.29, 1.82) is 5.26 Å². The smallest absolute Gasteiger partial charge is 0.187 e. The van der Waals surface area contributed by atoms with Gasteiger partial charge in [0.15, 0.2) is 5.16 Å². The van der Waals surface area contributed by atoms with Crippen molar-refractivity contribution >= 4 is 11.8 Å². The summed E-state index contributed by atoms with van der Waals surface area (Å²) >= 11 is 1.68. The maximum Gasteiger partial charge on any atom is 0.187 e. The molecule has 0 bridgehead atoms. The molecule has 96 valence electrons.